The predicted molar refractivity (Wildman–Crippen MR) is 81.1 cm³/mol. The Bertz CT molecular complexity index is 769. The monoisotopic (exact) mass is 345 g/mol. The van der Waals surface area contributed by atoms with E-state index >= 15 is 0 Å². The number of aliphatic imine (C=N–C) groups is 1. The summed E-state index contributed by atoms with van der Waals surface area (Å²) in [5.74, 6) is -0.609. The second-order valence-electron chi connectivity index (χ2n) is 4.38. The number of hydrogen-bond donors (Lipinski definition) is 0. The number of nitrogens with zero attached hydrogens (tertiary/aromatic N) is 1. The van der Waals surface area contributed by atoms with Crippen LogP contribution in [-0.4, -0.2) is 11.9 Å². The topological polar surface area (TPSA) is 38.7 Å². The molecule has 3 nitrogen and oxygen atoms in total. The Morgan fingerprint density at radius 2 is 1.90 bits per heavy atom. The highest BCUT2D eigenvalue weighted by molar-refractivity contribution is 9.10. The van der Waals surface area contributed by atoms with Gasteiger partial charge in [0.05, 0.1) is 4.47 Å². The van der Waals surface area contributed by atoms with Crippen molar-refractivity contribution in [2.75, 3.05) is 0 Å². The quantitative estimate of drug-likeness (QED) is 0.610. The fourth-order valence-corrected chi connectivity index (χ4v) is 2.27. The number of cyclic esters (lactones) is 1. The van der Waals surface area contributed by atoms with Gasteiger partial charge in [-0.15, -0.1) is 0 Å². The van der Waals surface area contributed by atoms with Crippen LogP contribution in [0.3, 0.4) is 0 Å². The van der Waals surface area contributed by atoms with Gasteiger partial charge in [0.2, 0.25) is 5.90 Å². The van der Waals surface area contributed by atoms with E-state index in [0.717, 1.165) is 5.56 Å². The predicted octanol–water partition coefficient (Wildman–Crippen LogP) is 3.93. The van der Waals surface area contributed by atoms with Crippen LogP contribution in [0.15, 0.2) is 63.7 Å². The lowest BCUT2D eigenvalue weighted by Crippen LogP contribution is -2.04. The van der Waals surface area contributed by atoms with E-state index in [0.29, 0.717) is 10.0 Å². The first kappa shape index (κ1) is 13.7. The van der Waals surface area contributed by atoms with Crippen molar-refractivity contribution >= 4 is 33.9 Å². The number of hydrogen-bond acceptors (Lipinski definition) is 3. The summed E-state index contributed by atoms with van der Waals surface area (Å²) in [6.45, 7) is 0. The zero-order chi connectivity index (χ0) is 14.8. The lowest BCUT2D eigenvalue weighted by Gasteiger charge is -1.97. The molecule has 0 bridgehead atoms. The van der Waals surface area contributed by atoms with Gasteiger partial charge in [-0.05, 0) is 51.8 Å². The molecule has 1 aliphatic heterocycles. The lowest BCUT2D eigenvalue weighted by molar-refractivity contribution is -0.129. The molecular weight excluding hydrogens is 337 g/mol. The zero-order valence-electron chi connectivity index (χ0n) is 10.7. The normalized spacial score (nSPS) is 16.0. The van der Waals surface area contributed by atoms with Gasteiger partial charge in [-0.3, -0.25) is 0 Å². The van der Waals surface area contributed by atoms with Crippen LogP contribution in [0.2, 0.25) is 0 Å². The molecule has 1 aliphatic rings. The zero-order valence-corrected chi connectivity index (χ0v) is 12.3. The van der Waals surface area contributed by atoms with E-state index in [2.05, 4.69) is 20.9 Å². The Balaban J connectivity index is 1.95. The Morgan fingerprint density at radius 3 is 2.62 bits per heavy atom. The molecule has 0 atom stereocenters. The SMILES string of the molecule is O=C1OC(c2ccccc2)=N/C1=C/c1ccc(F)c(Br)c1. The van der Waals surface area contributed by atoms with Crippen molar-refractivity contribution in [3.63, 3.8) is 0 Å². The van der Waals surface area contributed by atoms with Crippen molar-refractivity contribution in [3.05, 3.63) is 75.6 Å². The maximum absolute atomic E-state index is 13.2. The van der Waals surface area contributed by atoms with E-state index < -0.39 is 5.97 Å². The molecule has 3 rings (SSSR count). The number of ether oxygens (including phenoxy) is 1. The van der Waals surface area contributed by atoms with Crippen LogP contribution >= 0.6 is 15.9 Å². The summed E-state index contributed by atoms with van der Waals surface area (Å²) in [6, 6.07) is 13.6. The fraction of sp³-hybridized carbons (Fsp3) is 0. The highest BCUT2D eigenvalue weighted by Crippen LogP contribution is 2.22. The smallest absolute Gasteiger partial charge is 0.363 e. The highest BCUT2D eigenvalue weighted by atomic mass is 79.9. The van der Waals surface area contributed by atoms with Crippen LogP contribution in [0.4, 0.5) is 4.39 Å². The standard InChI is InChI=1S/C16H9BrFNO2/c17-12-8-10(6-7-13(12)18)9-14-16(20)21-15(19-14)11-4-2-1-3-5-11/h1-9H/b14-9+. The summed E-state index contributed by atoms with van der Waals surface area (Å²) >= 11 is 3.10. The molecule has 5 heteroatoms. The van der Waals surface area contributed by atoms with E-state index in [1.165, 1.54) is 6.07 Å². The summed E-state index contributed by atoms with van der Waals surface area (Å²) < 4.78 is 18.7. The van der Waals surface area contributed by atoms with Crippen LogP contribution in [0.25, 0.3) is 6.08 Å². The Hall–Kier alpha value is -2.27. The molecule has 104 valence electrons. The average molecular weight is 346 g/mol. The van der Waals surface area contributed by atoms with Crippen LogP contribution in [0.5, 0.6) is 0 Å². The van der Waals surface area contributed by atoms with Crippen molar-refractivity contribution in [3.8, 4) is 0 Å². The van der Waals surface area contributed by atoms with Gasteiger partial charge < -0.3 is 4.74 Å². The molecule has 2 aromatic rings. The number of carbonyl (C=O) groups is 1. The maximum Gasteiger partial charge on any atom is 0.363 e. The minimum absolute atomic E-state index is 0.187. The van der Waals surface area contributed by atoms with Crippen molar-refractivity contribution in [2.45, 2.75) is 0 Å². The van der Waals surface area contributed by atoms with Crippen molar-refractivity contribution in [1.29, 1.82) is 0 Å². The van der Waals surface area contributed by atoms with Crippen LogP contribution < -0.4 is 0 Å². The summed E-state index contributed by atoms with van der Waals surface area (Å²) in [6.07, 6.45) is 1.56. The van der Waals surface area contributed by atoms with E-state index in [-0.39, 0.29) is 17.4 Å². The molecule has 0 N–H and O–H groups in total. The van der Waals surface area contributed by atoms with E-state index in [1.54, 1.807) is 18.2 Å². The molecule has 0 saturated carbocycles. The van der Waals surface area contributed by atoms with Gasteiger partial charge in [0.1, 0.15) is 5.82 Å². The molecular formula is C16H9BrFNO2. The van der Waals surface area contributed by atoms with E-state index in [9.17, 15) is 9.18 Å². The molecule has 0 fully saturated rings. The van der Waals surface area contributed by atoms with Crippen LogP contribution in [0.1, 0.15) is 11.1 Å². The molecule has 0 spiro atoms. The number of halogens is 2. The minimum Gasteiger partial charge on any atom is -0.402 e. The second-order valence-corrected chi connectivity index (χ2v) is 5.23. The van der Waals surface area contributed by atoms with Gasteiger partial charge in [-0.1, -0.05) is 24.3 Å². The minimum atomic E-state index is -0.519. The average Bonchev–Trinajstić information content (AvgIpc) is 2.85. The van der Waals surface area contributed by atoms with Gasteiger partial charge >= 0.3 is 5.97 Å². The van der Waals surface area contributed by atoms with Gasteiger partial charge in [0.15, 0.2) is 5.70 Å². The van der Waals surface area contributed by atoms with Crippen LogP contribution in [-0.2, 0) is 9.53 Å². The molecule has 1 heterocycles. The number of carbonyl (C=O) groups excluding carboxylic acids is 1. The Morgan fingerprint density at radius 1 is 1.14 bits per heavy atom. The van der Waals surface area contributed by atoms with E-state index in [1.807, 2.05) is 30.3 Å². The Kier molecular flexibility index (Phi) is 3.66. The summed E-state index contributed by atoms with van der Waals surface area (Å²) in [7, 11) is 0. The fourth-order valence-electron chi connectivity index (χ4n) is 1.87. The van der Waals surface area contributed by atoms with E-state index in [4.69, 9.17) is 4.74 Å². The lowest BCUT2D eigenvalue weighted by atomic mass is 10.2. The summed E-state index contributed by atoms with van der Waals surface area (Å²) in [4.78, 5) is 16.0. The molecule has 0 aliphatic carbocycles. The first-order valence-corrected chi connectivity index (χ1v) is 6.96. The molecule has 0 unspecified atom stereocenters. The number of esters is 1. The molecule has 21 heavy (non-hydrogen) atoms. The third-order valence-corrected chi connectivity index (χ3v) is 3.50. The molecule has 0 aromatic heterocycles. The van der Waals surface area contributed by atoms with Crippen LogP contribution in [0, 0.1) is 5.82 Å². The molecule has 0 radical (unpaired) electrons. The van der Waals surface area contributed by atoms with Crippen molar-refractivity contribution in [1.82, 2.24) is 0 Å². The molecule has 2 aromatic carbocycles. The first-order chi connectivity index (χ1) is 10.1. The van der Waals surface area contributed by atoms with Gasteiger partial charge in [-0.25, -0.2) is 14.2 Å². The second kappa shape index (κ2) is 5.61. The molecule has 0 saturated heterocycles. The number of rotatable bonds is 2. The van der Waals surface area contributed by atoms with Crippen molar-refractivity contribution in [2.24, 2.45) is 4.99 Å². The van der Waals surface area contributed by atoms with Gasteiger partial charge in [-0.2, -0.15) is 0 Å². The van der Waals surface area contributed by atoms with Gasteiger partial charge in [0, 0.05) is 5.56 Å². The Labute approximate surface area is 128 Å². The maximum atomic E-state index is 13.2. The first-order valence-electron chi connectivity index (χ1n) is 6.16. The largest absolute Gasteiger partial charge is 0.402 e. The summed E-state index contributed by atoms with van der Waals surface area (Å²) in [5, 5.41) is 0. The highest BCUT2D eigenvalue weighted by Gasteiger charge is 2.23. The number of benzene rings is 2. The van der Waals surface area contributed by atoms with Gasteiger partial charge in [0.25, 0.3) is 0 Å². The van der Waals surface area contributed by atoms with Crippen molar-refractivity contribution < 1.29 is 13.9 Å². The summed E-state index contributed by atoms with van der Waals surface area (Å²) in [5.41, 5.74) is 1.58. The third kappa shape index (κ3) is 2.92. The third-order valence-electron chi connectivity index (χ3n) is 2.89. The molecule has 0 amide bonds.